The van der Waals surface area contributed by atoms with E-state index in [-0.39, 0.29) is 35.2 Å². The molecule has 36 heavy (non-hydrogen) atoms. The zero-order valence-electron chi connectivity index (χ0n) is 18.5. The molecule has 0 aromatic carbocycles. The van der Waals surface area contributed by atoms with Gasteiger partial charge in [-0.15, -0.1) is 0 Å². The molecule has 1 unspecified atom stereocenters. The van der Waals surface area contributed by atoms with Crippen molar-refractivity contribution >= 4 is 46.6 Å². The summed E-state index contributed by atoms with van der Waals surface area (Å²) in [6.07, 6.45) is 0.592. The molecule has 0 fully saturated rings. The summed E-state index contributed by atoms with van der Waals surface area (Å²) in [4.78, 5) is 76.2. The molecule has 1 amide bonds. The van der Waals surface area contributed by atoms with Gasteiger partial charge in [-0.1, -0.05) is 0 Å². The molecule has 15 nitrogen and oxygen atoms in total. The number of H-pyrrole nitrogens is 1. The minimum absolute atomic E-state index is 0.0207. The van der Waals surface area contributed by atoms with Gasteiger partial charge in [-0.25, -0.2) is 19.7 Å². The second-order valence-corrected chi connectivity index (χ2v) is 7.47. The fourth-order valence-corrected chi connectivity index (χ4v) is 3.07. The van der Waals surface area contributed by atoms with Crippen molar-refractivity contribution in [1.29, 1.82) is 0 Å². The lowest BCUT2D eigenvalue weighted by Crippen LogP contribution is -2.44. The van der Waals surface area contributed by atoms with E-state index in [0.29, 0.717) is 0 Å². The summed E-state index contributed by atoms with van der Waals surface area (Å²) in [6.45, 7) is 0.941. The number of halogens is 1. The number of aliphatic carboxylic acids is 2. The van der Waals surface area contributed by atoms with E-state index in [9.17, 15) is 33.5 Å². The number of nitrogens with one attached hydrogen (secondary N) is 3. The minimum atomic E-state index is -1.76. The number of carbonyl (C=O) groups is 4. The number of hydrogen-bond acceptors (Lipinski definition) is 11. The summed E-state index contributed by atoms with van der Waals surface area (Å²) in [5, 5.41) is 23.1. The van der Waals surface area contributed by atoms with Crippen LogP contribution in [0.15, 0.2) is 23.1 Å². The Bertz CT molecular complexity index is 1410. The predicted octanol–water partition coefficient (Wildman–Crippen LogP) is -0.696. The summed E-state index contributed by atoms with van der Waals surface area (Å²) in [5.74, 6) is -8.17. The fraction of sp³-hybridized carbons (Fsp3) is 0.250. The quantitative estimate of drug-likeness (QED) is 0.149. The topological polar surface area (TPSA) is 243 Å². The Hall–Kier alpha value is -5.02. The Balaban J connectivity index is 1.70. The van der Waals surface area contributed by atoms with Gasteiger partial charge in [0.2, 0.25) is 11.9 Å². The van der Waals surface area contributed by atoms with E-state index in [4.69, 9.17) is 10.8 Å². The van der Waals surface area contributed by atoms with Crippen LogP contribution in [0.25, 0.3) is 11.2 Å². The smallest absolute Gasteiger partial charge is 0.326 e. The highest BCUT2D eigenvalue weighted by atomic mass is 19.1. The van der Waals surface area contributed by atoms with Crippen LogP contribution >= 0.6 is 0 Å². The lowest BCUT2D eigenvalue weighted by Gasteiger charge is -2.17. The van der Waals surface area contributed by atoms with Crippen LogP contribution in [0.1, 0.15) is 29.4 Å². The van der Waals surface area contributed by atoms with E-state index in [1.54, 1.807) is 0 Å². The molecule has 3 aromatic heterocycles. The van der Waals surface area contributed by atoms with Gasteiger partial charge in [-0.3, -0.25) is 24.2 Å². The molecule has 0 aliphatic carbocycles. The number of anilines is 2. The summed E-state index contributed by atoms with van der Waals surface area (Å²) in [7, 11) is 0. The number of carbonyl (C=O) groups excluding carboxylic acids is 2. The SMILES string of the molecule is CC(=O)C(C[C@H](NC(=O)c1ccc(NCc2cnc3nc(N)[nH]c(=O)c3n2)nc1F)C(=O)O)C(=O)O. The van der Waals surface area contributed by atoms with E-state index >= 15 is 0 Å². The molecular weight excluding hydrogens is 483 g/mol. The number of pyridine rings is 1. The van der Waals surface area contributed by atoms with Crippen molar-refractivity contribution in [3.63, 3.8) is 0 Å². The zero-order chi connectivity index (χ0) is 26.6. The summed E-state index contributed by atoms with van der Waals surface area (Å²) >= 11 is 0. The molecule has 7 N–H and O–H groups in total. The van der Waals surface area contributed by atoms with Gasteiger partial charge >= 0.3 is 11.9 Å². The van der Waals surface area contributed by atoms with E-state index in [1.807, 2.05) is 5.32 Å². The van der Waals surface area contributed by atoms with Gasteiger partial charge in [0, 0.05) is 0 Å². The van der Waals surface area contributed by atoms with Crippen LogP contribution in [-0.4, -0.2) is 64.8 Å². The van der Waals surface area contributed by atoms with E-state index in [1.165, 1.54) is 12.3 Å². The van der Waals surface area contributed by atoms with Crippen molar-refractivity contribution in [1.82, 2.24) is 30.2 Å². The maximum absolute atomic E-state index is 14.5. The van der Waals surface area contributed by atoms with E-state index in [0.717, 1.165) is 13.0 Å². The second kappa shape index (κ2) is 10.5. The Morgan fingerprint density at radius 2 is 1.86 bits per heavy atom. The number of rotatable bonds is 10. The van der Waals surface area contributed by atoms with Gasteiger partial charge < -0.3 is 26.6 Å². The highest BCUT2D eigenvalue weighted by molar-refractivity contribution is 5.99. The molecule has 188 valence electrons. The third-order valence-electron chi connectivity index (χ3n) is 4.89. The first-order valence-corrected chi connectivity index (χ1v) is 10.1. The van der Waals surface area contributed by atoms with Crippen LogP contribution in [0.3, 0.4) is 0 Å². The molecule has 0 aliphatic rings. The molecule has 3 aromatic rings. The third-order valence-corrected chi connectivity index (χ3v) is 4.89. The first-order chi connectivity index (χ1) is 17.0. The molecule has 0 aliphatic heterocycles. The van der Waals surface area contributed by atoms with Gasteiger partial charge in [-0.2, -0.15) is 9.37 Å². The number of amides is 1. The van der Waals surface area contributed by atoms with Gasteiger partial charge in [-0.05, 0) is 25.5 Å². The number of nitrogen functional groups attached to an aromatic ring is 1. The highest BCUT2D eigenvalue weighted by Gasteiger charge is 2.32. The van der Waals surface area contributed by atoms with Crippen LogP contribution in [-0.2, 0) is 20.9 Å². The highest BCUT2D eigenvalue weighted by Crippen LogP contribution is 2.14. The van der Waals surface area contributed by atoms with Crippen molar-refractivity contribution in [2.24, 2.45) is 5.92 Å². The van der Waals surface area contributed by atoms with Crippen molar-refractivity contribution in [2.75, 3.05) is 11.1 Å². The Labute approximate surface area is 200 Å². The summed E-state index contributed by atoms with van der Waals surface area (Å²) in [6, 6.07) is 0.494. The molecule has 0 radical (unpaired) electrons. The average molecular weight is 502 g/mol. The van der Waals surface area contributed by atoms with Crippen molar-refractivity contribution in [2.45, 2.75) is 25.9 Å². The lowest BCUT2D eigenvalue weighted by molar-refractivity contribution is -0.147. The maximum atomic E-state index is 14.5. The average Bonchev–Trinajstić information content (AvgIpc) is 2.79. The molecule has 0 saturated carbocycles. The van der Waals surface area contributed by atoms with Crippen LogP contribution in [0.5, 0.6) is 0 Å². The minimum Gasteiger partial charge on any atom is -0.481 e. The summed E-state index contributed by atoms with van der Waals surface area (Å²) < 4.78 is 14.5. The second-order valence-electron chi connectivity index (χ2n) is 7.47. The van der Waals surface area contributed by atoms with Crippen LogP contribution in [0, 0.1) is 11.9 Å². The number of aromatic amines is 1. The number of ketones is 1. The number of carboxylic acid groups (broad SMARTS) is 2. The molecule has 0 saturated heterocycles. The van der Waals surface area contributed by atoms with Gasteiger partial charge in [0.05, 0.1) is 24.0 Å². The normalized spacial score (nSPS) is 12.5. The number of nitrogens with zero attached hydrogens (tertiary/aromatic N) is 4. The fourth-order valence-electron chi connectivity index (χ4n) is 3.07. The molecular formula is C20H19FN8O7. The number of carboxylic acids is 2. The summed E-state index contributed by atoms with van der Waals surface area (Å²) in [5.41, 5.74) is 4.51. The molecule has 0 bridgehead atoms. The number of nitrogens with two attached hydrogens (primary N) is 1. The third kappa shape index (κ3) is 5.91. The largest absolute Gasteiger partial charge is 0.481 e. The van der Waals surface area contributed by atoms with E-state index < -0.39 is 59.1 Å². The van der Waals surface area contributed by atoms with Crippen molar-refractivity contribution in [3.8, 4) is 0 Å². The van der Waals surface area contributed by atoms with Gasteiger partial charge in [0.25, 0.3) is 11.5 Å². The van der Waals surface area contributed by atoms with Crippen LogP contribution < -0.4 is 21.9 Å². The molecule has 3 heterocycles. The zero-order valence-corrected chi connectivity index (χ0v) is 18.5. The lowest BCUT2D eigenvalue weighted by atomic mass is 9.96. The predicted molar refractivity (Wildman–Crippen MR) is 119 cm³/mol. The Kier molecular flexibility index (Phi) is 7.46. The van der Waals surface area contributed by atoms with Crippen LogP contribution in [0.2, 0.25) is 0 Å². The van der Waals surface area contributed by atoms with E-state index in [2.05, 4.69) is 30.2 Å². The number of Topliss-reactive ketones (excluding diaryl/α,β-unsaturated/α-hetero) is 1. The first-order valence-electron chi connectivity index (χ1n) is 10.1. The monoisotopic (exact) mass is 502 g/mol. The molecule has 2 atom stereocenters. The molecule has 0 spiro atoms. The van der Waals surface area contributed by atoms with Gasteiger partial charge in [0.15, 0.2) is 11.2 Å². The number of aromatic nitrogens is 5. The Morgan fingerprint density at radius 3 is 2.47 bits per heavy atom. The Morgan fingerprint density at radius 1 is 1.14 bits per heavy atom. The maximum Gasteiger partial charge on any atom is 0.326 e. The molecule has 3 rings (SSSR count). The standard InChI is InChI=1S/C20H19FN8O7/c1-7(30)10(18(33)34)4-11(19(35)36)26-16(31)9-2-3-12(27-14(9)21)23-5-8-6-24-15-13(25-8)17(32)29-20(22)28-15/h2-3,6,10-11H,4-5H2,1H3,(H,23,27)(H,26,31)(H,33,34)(H,35,36)(H3,22,24,28,29,32)/t10?,11-/m0/s1. The first kappa shape index (κ1) is 25.6. The van der Waals surface area contributed by atoms with Crippen molar-refractivity contribution < 1.29 is 33.8 Å². The number of fused-ring (bicyclic) bond motifs is 1. The molecule has 16 heteroatoms. The van der Waals surface area contributed by atoms with Gasteiger partial charge in [0.1, 0.15) is 23.6 Å². The van der Waals surface area contributed by atoms with Crippen molar-refractivity contribution in [3.05, 3.63) is 45.9 Å². The van der Waals surface area contributed by atoms with Crippen LogP contribution in [0.4, 0.5) is 16.2 Å². The number of hydrogen-bond donors (Lipinski definition) is 6.